The standard InChI is InChI=1S/C15H13N3O2S/c1-10-5-6-11-12(8-10)21-15(16-11)17-13(19)9-18-7-3-2-4-14(18)20/h2-8H,9H2,1H3,(H,16,17,19). The topological polar surface area (TPSA) is 64.0 Å². The number of fused-ring (bicyclic) bond motifs is 1. The van der Waals surface area contributed by atoms with Crippen molar-refractivity contribution in [2.75, 3.05) is 5.32 Å². The van der Waals surface area contributed by atoms with E-state index in [1.54, 1.807) is 18.3 Å². The summed E-state index contributed by atoms with van der Waals surface area (Å²) < 4.78 is 2.38. The number of anilines is 1. The highest BCUT2D eigenvalue weighted by Gasteiger charge is 2.09. The number of thiazole rings is 1. The monoisotopic (exact) mass is 299 g/mol. The maximum atomic E-state index is 12.0. The Kier molecular flexibility index (Phi) is 3.53. The Hall–Kier alpha value is -2.47. The van der Waals surface area contributed by atoms with Crippen LogP contribution in [0.25, 0.3) is 10.2 Å². The number of benzene rings is 1. The molecule has 0 bridgehead atoms. The average molecular weight is 299 g/mol. The first-order valence-electron chi connectivity index (χ1n) is 6.44. The molecule has 0 aliphatic rings. The number of aryl methyl sites for hydroxylation is 1. The van der Waals surface area contributed by atoms with Crippen LogP contribution in [0.15, 0.2) is 47.4 Å². The van der Waals surface area contributed by atoms with Crippen molar-refractivity contribution < 1.29 is 4.79 Å². The van der Waals surface area contributed by atoms with Crippen LogP contribution in [-0.4, -0.2) is 15.5 Å². The molecule has 1 amide bonds. The number of hydrogen-bond donors (Lipinski definition) is 1. The smallest absolute Gasteiger partial charge is 0.250 e. The maximum absolute atomic E-state index is 12.0. The largest absolute Gasteiger partial charge is 0.306 e. The predicted octanol–water partition coefficient (Wildman–Crippen LogP) is 2.41. The SMILES string of the molecule is Cc1ccc2nc(NC(=O)Cn3ccccc3=O)sc2c1. The van der Waals surface area contributed by atoms with Gasteiger partial charge in [-0.2, -0.15) is 0 Å². The number of carbonyl (C=O) groups is 1. The Labute approximate surface area is 124 Å². The number of nitrogens with one attached hydrogen (secondary N) is 1. The highest BCUT2D eigenvalue weighted by Crippen LogP contribution is 2.26. The molecule has 0 atom stereocenters. The summed E-state index contributed by atoms with van der Waals surface area (Å²) in [6.07, 6.45) is 1.59. The van der Waals surface area contributed by atoms with Crippen molar-refractivity contribution >= 4 is 32.6 Å². The van der Waals surface area contributed by atoms with Gasteiger partial charge in [-0.15, -0.1) is 0 Å². The van der Waals surface area contributed by atoms with Crippen LogP contribution in [0.1, 0.15) is 5.56 Å². The van der Waals surface area contributed by atoms with Crippen molar-refractivity contribution in [1.29, 1.82) is 0 Å². The molecule has 106 valence electrons. The van der Waals surface area contributed by atoms with Gasteiger partial charge in [0.15, 0.2) is 5.13 Å². The lowest BCUT2D eigenvalue weighted by atomic mass is 10.2. The molecule has 0 spiro atoms. The second-order valence-electron chi connectivity index (χ2n) is 4.71. The summed E-state index contributed by atoms with van der Waals surface area (Å²) in [7, 11) is 0. The molecule has 21 heavy (non-hydrogen) atoms. The number of hydrogen-bond acceptors (Lipinski definition) is 4. The molecule has 3 rings (SSSR count). The minimum atomic E-state index is -0.265. The molecule has 0 fully saturated rings. The molecule has 0 aliphatic heterocycles. The van der Waals surface area contributed by atoms with Crippen molar-refractivity contribution in [3.63, 3.8) is 0 Å². The van der Waals surface area contributed by atoms with Gasteiger partial charge in [0.1, 0.15) is 6.54 Å². The van der Waals surface area contributed by atoms with E-state index in [1.807, 2.05) is 25.1 Å². The van der Waals surface area contributed by atoms with Crippen molar-refractivity contribution in [3.8, 4) is 0 Å². The van der Waals surface area contributed by atoms with E-state index in [0.29, 0.717) is 5.13 Å². The molecule has 0 aliphatic carbocycles. The molecule has 6 heteroatoms. The Balaban J connectivity index is 1.77. The molecule has 1 aromatic carbocycles. The lowest BCUT2D eigenvalue weighted by Crippen LogP contribution is -2.26. The lowest BCUT2D eigenvalue weighted by Gasteiger charge is -2.04. The van der Waals surface area contributed by atoms with Crippen LogP contribution in [0, 0.1) is 6.92 Å². The lowest BCUT2D eigenvalue weighted by molar-refractivity contribution is -0.116. The predicted molar refractivity (Wildman–Crippen MR) is 83.7 cm³/mol. The summed E-state index contributed by atoms with van der Waals surface area (Å²) in [5.41, 5.74) is 1.81. The number of nitrogens with zero attached hydrogens (tertiary/aromatic N) is 2. The van der Waals surface area contributed by atoms with Gasteiger partial charge in [0.2, 0.25) is 5.91 Å². The minimum absolute atomic E-state index is 0.0192. The number of aromatic nitrogens is 2. The second-order valence-corrected chi connectivity index (χ2v) is 5.74. The van der Waals surface area contributed by atoms with Crippen LogP contribution in [0.2, 0.25) is 0 Å². The molecular formula is C15H13N3O2S. The molecule has 0 unspecified atom stereocenters. The van der Waals surface area contributed by atoms with Crippen LogP contribution in [0.4, 0.5) is 5.13 Å². The summed E-state index contributed by atoms with van der Waals surface area (Å²) in [5, 5.41) is 3.28. The molecule has 0 saturated carbocycles. The van der Waals surface area contributed by atoms with Gasteiger partial charge in [-0.25, -0.2) is 4.98 Å². The van der Waals surface area contributed by atoms with E-state index in [-0.39, 0.29) is 18.0 Å². The van der Waals surface area contributed by atoms with Gasteiger partial charge in [-0.3, -0.25) is 9.59 Å². The van der Waals surface area contributed by atoms with Gasteiger partial charge in [0.25, 0.3) is 5.56 Å². The van der Waals surface area contributed by atoms with E-state index in [1.165, 1.54) is 22.0 Å². The summed E-state index contributed by atoms with van der Waals surface area (Å²) in [5.74, 6) is -0.265. The van der Waals surface area contributed by atoms with E-state index in [0.717, 1.165) is 15.8 Å². The van der Waals surface area contributed by atoms with Crippen molar-refractivity contribution in [3.05, 3.63) is 58.5 Å². The first-order valence-corrected chi connectivity index (χ1v) is 7.26. The third-order valence-corrected chi connectivity index (χ3v) is 3.94. The zero-order valence-corrected chi connectivity index (χ0v) is 12.2. The maximum Gasteiger partial charge on any atom is 0.250 e. The van der Waals surface area contributed by atoms with Crippen molar-refractivity contribution in [1.82, 2.24) is 9.55 Å². The molecule has 0 radical (unpaired) electrons. The number of rotatable bonds is 3. The van der Waals surface area contributed by atoms with Gasteiger partial charge in [-0.1, -0.05) is 23.5 Å². The van der Waals surface area contributed by atoms with E-state index < -0.39 is 0 Å². The minimum Gasteiger partial charge on any atom is -0.306 e. The number of amides is 1. The van der Waals surface area contributed by atoms with Crippen LogP contribution < -0.4 is 10.9 Å². The van der Waals surface area contributed by atoms with Gasteiger partial charge in [-0.05, 0) is 30.7 Å². The second kappa shape index (κ2) is 5.49. The summed E-state index contributed by atoms with van der Waals surface area (Å²) in [6.45, 7) is 1.99. The van der Waals surface area contributed by atoms with Gasteiger partial charge < -0.3 is 9.88 Å². The number of carbonyl (C=O) groups excluding carboxylic acids is 1. The van der Waals surface area contributed by atoms with E-state index in [9.17, 15) is 9.59 Å². The molecule has 3 aromatic rings. The first kappa shape index (κ1) is 13.5. The average Bonchev–Trinajstić information content (AvgIpc) is 2.82. The summed E-state index contributed by atoms with van der Waals surface area (Å²) in [4.78, 5) is 27.9. The van der Waals surface area contributed by atoms with Crippen LogP contribution in [0.3, 0.4) is 0 Å². The highest BCUT2D eigenvalue weighted by molar-refractivity contribution is 7.22. The van der Waals surface area contributed by atoms with E-state index >= 15 is 0 Å². The Morgan fingerprint density at radius 2 is 2.19 bits per heavy atom. The fourth-order valence-electron chi connectivity index (χ4n) is 1.99. The zero-order valence-electron chi connectivity index (χ0n) is 11.4. The third-order valence-electron chi connectivity index (χ3n) is 3.00. The molecule has 2 heterocycles. The Bertz CT molecular complexity index is 866. The third kappa shape index (κ3) is 3.00. The molecule has 2 aromatic heterocycles. The normalized spacial score (nSPS) is 10.7. The Morgan fingerprint density at radius 1 is 1.33 bits per heavy atom. The van der Waals surface area contributed by atoms with Crippen molar-refractivity contribution in [2.24, 2.45) is 0 Å². The highest BCUT2D eigenvalue weighted by atomic mass is 32.1. The fraction of sp³-hybridized carbons (Fsp3) is 0.133. The molecule has 1 N–H and O–H groups in total. The van der Waals surface area contributed by atoms with Gasteiger partial charge in [0.05, 0.1) is 10.2 Å². The molecule has 5 nitrogen and oxygen atoms in total. The summed E-state index contributed by atoms with van der Waals surface area (Å²) >= 11 is 1.42. The van der Waals surface area contributed by atoms with E-state index in [4.69, 9.17) is 0 Å². The van der Waals surface area contributed by atoms with Crippen LogP contribution in [0.5, 0.6) is 0 Å². The quantitative estimate of drug-likeness (QED) is 0.807. The fourth-order valence-corrected chi connectivity index (χ4v) is 2.97. The molecule has 0 saturated heterocycles. The summed E-state index contributed by atoms with van der Waals surface area (Å²) in [6, 6.07) is 10.7. The Morgan fingerprint density at radius 3 is 3.00 bits per heavy atom. The number of pyridine rings is 1. The van der Waals surface area contributed by atoms with E-state index in [2.05, 4.69) is 10.3 Å². The van der Waals surface area contributed by atoms with Crippen LogP contribution >= 0.6 is 11.3 Å². The first-order chi connectivity index (χ1) is 10.1. The van der Waals surface area contributed by atoms with Crippen molar-refractivity contribution in [2.45, 2.75) is 13.5 Å². The van der Waals surface area contributed by atoms with Crippen LogP contribution in [-0.2, 0) is 11.3 Å². The molecular weight excluding hydrogens is 286 g/mol. The zero-order chi connectivity index (χ0) is 14.8. The van der Waals surface area contributed by atoms with Gasteiger partial charge in [0, 0.05) is 12.3 Å². The van der Waals surface area contributed by atoms with Gasteiger partial charge >= 0.3 is 0 Å².